The average molecular weight is 561 g/mol. The number of likely N-dealkylation sites (tertiary alicyclic amines) is 1. The van der Waals surface area contributed by atoms with E-state index in [1.165, 1.54) is 6.07 Å². The van der Waals surface area contributed by atoms with E-state index in [4.69, 9.17) is 5.73 Å². The summed E-state index contributed by atoms with van der Waals surface area (Å²) in [6.45, 7) is 0.509. The minimum absolute atomic E-state index is 0.00431. The van der Waals surface area contributed by atoms with Crippen LogP contribution in [0.15, 0.2) is 42.5 Å². The summed E-state index contributed by atoms with van der Waals surface area (Å²) >= 11 is 0. The lowest BCUT2D eigenvalue weighted by Crippen LogP contribution is -2.65. The molecule has 39 heavy (non-hydrogen) atoms. The Hall–Kier alpha value is -3.15. The molecule has 2 aromatic rings. The van der Waals surface area contributed by atoms with Crippen molar-refractivity contribution in [3.63, 3.8) is 0 Å². The topological polar surface area (TPSA) is 83.6 Å². The van der Waals surface area contributed by atoms with Gasteiger partial charge in [0.05, 0.1) is 5.56 Å². The summed E-state index contributed by atoms with van der Waals surface area (Å²) in [7, 11) is 0. The van der Waals surface area contributed by atoms with Crippen LogP contribution >= 0.6 is 0 Å². The number of nitrogens with two attached hydrogens (primary N) is 1. The molecule has 2 aliphatic rings. The van der Waals surface area contributed by atoms with Gasteiger partial charge in [-0.25, -0.2) is 4.39 Å². The Morgan fingerprint density at radius 1 is 1.03 bits per heavy atom. The number of benzene rings is 2. The number of aliphatic hydroxyl groups is 1. The van der Waals surface area contributed by atoms with E-state index >= 15 is 4.39 Å². The van der Waals surface area contributed by atoms with Gasteiger partial charge in [-0.3, -0.25) is 9.59 Å². The number of nitrogens with zero attached hydrogens (tertiary/aromatic N) is 1. The summed E-state index contributed by atoms with van der Waals surface area (Å²) in [5, 5.41) is 10.1. The smallest absolute Gasteiger partial charge is 0.376 e. The summed E-state index contributed by atoms with van der Waals surface area (Å²) in [5.41, 5.74) is -1.47. The zero-order chi connectivity index (χ0) is 29.0. The van der Waals surface area contributed by atoms with E-state index in [1.807, 2.05) is 0 Å². The van der Waals surface area contributed by atoms with Crippen LogP contribution in [-0.2, 0) is 16.6 Å². The van der Waals surface area contributed by atoms with Crippen LogP contribution in [0.25, 0.3) is 0 Å². The van der Waals surface area contributed by atoms with Gasteiger partial charge in [0, 0.05) is 18.0 Å². The van der Waals surface area contributed by atoms with Crippen molar-refractivity contribution in [3.05, 3.63) is 70.5 Å². The van der Waals surface area contributed by atoms with Crippen molar-refractivity contribution in [1.29, 1.82) is 0 Å². The minimum Gasteiger partial charge on any atom is -0.376 e. The molecule has 2 fully saturated rings. The molecule has 212 valence electrons. The second-order valence-electron chi connectivity index (χ2n) is 10.4. The molecule has 0 aromatic heterocycles. The molecule has 0 bridgehead atoms. The van der Waals surface area contributed by atoms with Crippen LogP contribution in [0.3, 0.4) is 0 Å². The zero-order valence-corrected chi connectivity index (χ0v) is 20.9. The SMILES string of the molecule is C[C@](O)(c1cccc(C(=O)N2CCCCC2(C(N)=O)[C@@H](c2ccc(C(F)(F)F)cc2F)C2CC2)c1)C(F)(F)F. The highest BCUT2D eigenvalue weighted by molar-refractivity contribution is 6.00. The average Bonchev–Trinajstić information content (AvgIpc) is 3.68. The number of amides is 2. The first-order valence-corrected chi connectivity index (χ1v) is 12.4. The lowest BCUT2D eigenvalue weighted by atomic mass is 9.69. The van der Waals surface area contributed by atoms with E-state index in [2.05, 4.69) is 0 Å². The van der Waals surface area contributed by atoms with Crippen molar-refractivity contribution in [2.24, 2.45) is 11.7 Å². The first-order chi connectivity index (χ1) is 18.0. The monoisotopic (exact) mass is 560 g/mol. The summed E-state index contributed by atoms with van der Waals surface area (Å²) < 4.78 is 95.2. The molecule has 4 rings (SSSR count). The van der Waals surface area contributed by atoms with Crippen molar-refractivity contribution in [1.82, 2.24) is 4.90 Å². The third kappa shape index (κ3) is 5.10. The molecule has 2 aromatic carbocycles. The number of alkyl halides is 6. The first kappa shape index (κ1) is 28.8. The van der Waals surface area contributed by atoms with Crippen LogP contribution in [0.4, 0.5) is 30.7 Å². The standard InChI is InChI=1S/C27H27F7N2O3/c1-24(39,27(32,33)34)17-6-4-5-16(13-17)22(37)36-12-3-2-11-25(36,23(35)38)21(15-7-8-15)19-10-9-18(14-20(19)28)26(29,30)31/h4-6,9-10,13-15,21,39H,2-3,7-8,11-12H2,1H3,(H2,35,38)/t21-,24+,25?/m1/s1. The quantitative estimate of drug-likeness (QED) is 0.448. The Morgan fingerprint density at radius 2 is 1.69 bits per heavy atom. The van der Waals surface area contributed by atoms with Gasteiger partial charge >= 0.3 is 12.4 Å². The second-order valence-corrected chi connectivity index (χ2v) is 10.4. The molecule has 1 heterocycles. The van der Waals surface area contributed by atoms with Gasteiger partial charge in [0.2, 0.25) is 5.91 Å². The fourth-order valence-corrected chi connectivity index (χ4v) is 5.58. The highest BCUT2D eigenvalue weighted by atomic mass is 19.4. The second kappa shape index (κ2) is 9.79. The molecular weight excluding hydrogens is 533 g/mol. The molecule has 1 unspecified atom stereocenters. The van der Waals surface area contributed by atoms with Crippen molar-refractivity contribution < 1.29 is 45.4 Å². The Balaban J connectivity index is 1.82. The van der Waals surface area contributed by atoms with Crippen LogP contribution in [0.2, 0.25) is 0 Å². The number of hydrogen-bond acceptors (Lipinski definition) is 3. The molecule has 1 saturated carbocycles. The number of primary amides is 1. The van der Waals surface area contributed by atoms with Crippen LogP contribution < -0.4 is 5.73 Å². The van der Waals surface area contributed by atoms with Crippen molar-refractivity contribution >= 4 is 11.8 Å². The van der Waals surface area contributed by atoms with Crippen molar-refractivity contribution in [2.45, 2.75) is 68.4 Å². The summed E-state index contributed by atoms with van der Waals surface area (Å²) in [5.74, 6) is -4.45. The molecule has 0 spiro atoms. The fraction of sp³-hybridized carbons (Fsp3) is 0.481. The summed E-state index contributed by atoms with van der Waals surface area (Å²) in [4.78, 5) is 28.1. The van der Waals surface area contributed by atoms with Gasteiger partial charge in [-0.1, -0.05) is 18.2 Å². The zero-order valence-electron chi connectivity index (χ0n) is 20.9. The normalized spacial score (nSPS) is 22.7. The fourth-order valence-electron chi connectivity index (χ4n) is 5.58. The van der Waals surface area contributed by atoms with Gasteiger partial charge in [0.1, 0.15) is 11.4 Å². The van der Waals surface area contributed by atoms with E-state index in [0.29, 0.717) is 44.7 Å². The van der Waals surface area contributed by atoms with Crippen LogP contribution in [-0.4, -0.2) is 40.1 Å². The number of hydrogen-bond donors (Lipinski definition) is 2. The lowest BCUT2D eigenvalue weighted by molar-refractivity contribution is -0.258. The molecule has 3 N–H and O–H groups in total. The molecule has 1 aliphatic carbocycles. The van der Waals surface area contributed by atoms with Crippen LogP contribution in [0.5, 0.6) is 0 Å². The highest BCUT2D eigenvalue weighted by Crippen LogP contribution is 2.54. The van der Waals surface area contributed by atoms with Gasteiger partial charge in [0.25, 0.3) is 5.91 Å². The Kier molecular flexibility index (Phi) is 7.25. The predicted molar refractivity (Wildman–Crippen MR) is 126 cm³/mol. The van der Waals surface area contributed by atoms with E-state index in [0.717, 1.165) is 29.2 Å². The molecule has 2 amide bonds. The van der Waals surface area contributed by atoms with Crippen LogP contribution in [0, 0.1) is 11.7 Å². The Morgan fingerprint density at radius 3 is 2.23 bits per heavy atom. The van der Waals surface area contributed by atoms with Gasteiger partial charge in [0.15, 0.2) is 5.60 Å². The maximum atomic E-state index is 15.3. The largest absolute Gasteiger partial charge is 0.421 e. The Bertz CT molecular complexity index is 1270. The summed E-state index contributed by atoms with van der Waals surface area (Å²) in [6.07, 6.45) is -8.00. The lowest BCUT2D eigenvalue weighted by Gasteiger charge is -2.50. The molecule has 1 aliphatic heterocycles. The van der Waals surface area contributed by atoms with E-state index in [-0.39, 0.29) is 30.0 Å². The highest BCUT2D eigenvalue weighted by Gasteiger charge is 2.58. The van der Waals surface area contributed by atoms with Gasteiger partial charge in [-0.05, 0) is 80.3 Å². The van der Waals surface area contributed by atoms with Crippen molar-refractivity contribution in [2.75, 3.05) is 6.54 Å². The van der Waals surface area contributed by atoms with E-state index in [9.17, 15) is 41.0 Å². The van der Waals surface area contributed by atoms with Crippen LogP contribution in [0.1, 0.15) is 72.0 Å². The van der Waals surface area contributed by atoms with E-state index in [1.54, 1.807) is 0 Å². The van der Waals surface area contributed by atoms with Gasteiger partial charge in [-0.2, -0.15) is 26.3 Å². The Labute approximate surface area is 219 Å². The van der Waals surface area contributed by atoms with Gasteiger partial charge in [-0.15, -0.1) is 0 Å². The number of carbonyl (C=O) groups excluding carboxylic acids is 2. The maximum absolute atomic E-state index is 15.3. The molecule has 0 radical (unpaired) electrons. The first-order valence-electron chi connectivity index (χ1n) is 12.4. The molecule has 5 nitrogen and oxygen atoms in total. The molecular formula is C27H27F7N2O3. The molecule has 1 saturated heterocycles. The molecule has 12 heteroatoms. The molecule has 3 atom stereocenters. The number of rotatable bonds is 6. The third-order valence-corrected chi connectivity index (χ3v) is 7.84. The number of halogens is 7. The number of carbonyl (C=O) groups is 2. The predicted octanol–water partition coefficient (Wildman–Crippen LogP) is 5.66. The van der Waals surface area contributed by atoms with Gasteiger partial charge < -0.3 is 15.7 Å². The third-order valence-electron chi connectivity index (χ3n) is 7.84. The maximum Gasteiger partial charge on any atom is 0.421 e. The van der Waals surface area contributed by atoms with Crippen molar-refractivity contribution in [3.8, 4) is 0 Å². The van der Waals surface area contributed by atoms with E-state index < -0.39 is 58.2 Å². The minimum atomic E-state index is -5.05. The number of piperidine rings is 1. The summed E-state index contributed by atoms with van der Waals surface area (Å²) in [6, 6.07) is 6.28.